The molecule has 0 aromatic carbocycles. The summed E-state index contributed by atoms with van der Waals surface area (Å²) in [6, 6.07) is 2.72. The molecule has 1 aromatic heterocycles. The Bertz CT molecular complexity index is 603. The molecular weight excluding hydrogens is 292 g/mol. The number of aliphatic carboxylic acids is 1. The van der Waals surface area contributed by atoms with E-state index in [1.807, 2.05) is 0 Å². The van der Waals surface area contributed by atoms with Crippen LogP contribution in [0.25, 0.3) is 0 Å². The highest BCUT2D eigenvalue weighted by Crippen LogP contribution is 2.23. The third-order valence-corrected chi connectivity index (χ3v) is 5.47. The number of primary amides is 1. The van der Waals surface area contributed by atoms with Gasteiger partial charge in [0.15, 0.2) is 0 Å². The SMILES string of the molecule is CC(C)(NS(=O)(=O)c1ccc(CC(=O)O)s1)C(N)=O. The van der Waals surface area contributed by atoms with Gasteiger partial charge in [0, 0.05) is 4.88 Å². The first-order chi connectivity index (χ1) is 8.54. The highest BCUT2D eigenvalue weighted by molar-refractivity contribution is 7.91. The van der Waals surface area contributed by atoms with Gasteiger partial charge in [-0.2, -0.15) is 4.72 Å². The average molecular weight is 306 g/mol. The van der Waals surface area contributed by atoms with E-state index in [0.29, 0.717) is 4.88 Å². The van der Waals surface area contributed by atoms with Crippen molar-refractivity contribution in [1.82, 2.24) is 4.72 Å². The summed E-state index contributed by atoms with van der Waals surface area (Å²) in [5.41, 5.74) is 3.67. The number of sulfonamides is 1. The van der Waals surface area contributed by atoms with Crippen LogP contribution in [-0.2, 0) is 26.0 Å². The second-order valence-corrected chi connectivity index (χ2v) is 7.46. The fourth-order valence-corrected chi connectivity index (χ4v) is 3.91. The lowest BCUT2D eigenvalue weighted by Gasteiger charge is -2.21. The van der Waals surface area contributed by atoms with Crippen molar-refractivity contribution < 1.29 is 23.1 Å². The van der Waals surface area contributed by atoms with Gasteiger partial charge in [-0.05, 0) is 26.0 Å². The Morgan fingerprint density at radius 1 is 1.42 bits per heavy atom. The molecule has 0 unspecified atom stereocenters. The quantitative estimate of drug-likeness (QED) is 0.677. The van der Waals surface area contributed by atoms with Gasteiger partial charge in [0.05, 0.1) is 6.42 Å². The van der Waals surface area contributed by atoms with Crippen LogP contribution in [-0.4, -0.2) is 30.9 Å². The predicted octanol–water partition coefficient (Wildman–Crippen LogP) is -0.0826. The molecule has 0 saturated carbocycles. The maximum atomic E-state index is 12.0. The minimum atomic E-state index is -3.90. The average Bonchev–Trinajstić information content (AvgIpc) is 2.63. The second kappa shape index (κ2) is 5.27. The molecule has 0 aliphatic heterocycles. The van der Waals surface area contributed by atoms with E-state index >= 15 is 0 Å². The number of carbonyl (C=O) groups excluding carboxylic acids is 1. The van der Waals surface area contributed by atoms with Crippen LogP contribution < -0.4 is 10.5 Å². The van der Waals surface area contributed by atoms with E-state index < -0.39 is 27.4 Å². The summed E-state index contributed by atoms with van der Waals surface area (Å²) in [6.07, 6.45) is -0.251. The van der Waals surface area contributed by atoms with Crippen molar-refractivity contribution in [3.8, 4) is 0 Å². The van der Waals surface area contributed by atoms with E-state index in [-0.39, 0.29) is 10.6 Å². The van der Waals surface area contributed by atoms with Crippen LogP contribution in [0.2, 0.25) is 0 Å². The van der Waals surface area contributed by atoms with Gasteiger partial charge in [-0.1, -0.05) is 0 Å². The van der Waals surface area contributed by atoms with E-state index in [1.54, 1.807) is 0 Å². The minimum absolute atomic E-state index is 0.0573. The Kier molecular flexibility index (Phi) is 4.33. The normalized spacial score (nSPS) is 12.3. The second-order valence-electron chi connectivity index (χ2n) is 4.39. The summed E-state index contributed by atoms with van der Waals surface area (Å²) >= 11 is 0.837. The molecule has 1 amide bonds. The number of hydrogen-bond donors (Lipinski definition) is 3. The number of nitrogens with one attached hydrogen (secondary N) is 1. The summed E-state index contributed by atoms with van der Waals surface area (Å²) in [5, 5.41) is 8.62. The molecule has 1 heterocycles. The van der Waals surface area contributed by atoms with Gasteiger partial charge in [0.1, 0.15) is 9.75 Å². The first kappa shape index (κ1) is 15.6. The predicted molar refractivity (Wildman–Crippen MR) is 69.3 cm³/mol. The molecule has 1 rings (SSSR count). The Balaban J connectivity index is 2.98. The van der Waals surface area contributed by atoms with Crippen molar-refractivity contribution >= 4 is 33.2 Å². The third kappa shape index (κ3) is 4.01. The van der Waals surface area contributed by atoms with Gasteiger partial charge in [0.2, 0.25) is 5.91 Å². The maximum absolute atomic E-state index is 12.0. The Morgan fingerprint density at radius 2 is 2.00 bits per heavy atom. The molecule has 0 aliphatic carbocycles. The van der Waals surface area contributed by atoms with E-state index in [4.69, 9.17) is 10.8 Å². The smallest absolute Gasteiger partial charge is 0.308 e. The van der Waals surface area contributed by atoms with Crippen molar-refractivity contribution in [2.75, 3.05) is 0 Å². The van der Waals surface area contributed by atoms with E-state index in [9.17, 15) is 18.0 Å². The largest absolute Gasteiger partial charge is 0.481 e. The summed E-state index contributed by atoms with van der Waals surface area (Å²) in [5.74, 6) is -1.85. The molecule has 4 N–H and O–H groups in total. The monoisotopic (exact) mass is 306 g/mol. The van der Waals surface area contributed by atoms with E-state index in [1.165, 1.54) is 26.0 Å². The van der Waals surface area contributed by atoms with Crippen LogP contribution in [0, 0.1) is 0 Å². The number of amides is 1. The van der Waals surface area contributed by atoms with E-state index in [2.05, 4.69) is 4.72 Å². The summed E-state index contributed by atoms with van der Waals surface area (Å²) < 4.78 is 26.1. The van der Waals surface area contributed by atoms with Gasteiger partial charge in [-0.3, -0.25) is 9.59 Å². The fourth-order valence-electron chi connectivity index (χ4n) is 1.18. The molecule has 0 fully saturated rings. The van der Waals surface area contributed by atoms with Gasteiger partial charge in [-0.25, -0.2) is 8.42 Å². The van der Waals surface area contributed by atoms with Crippen molar-refractivity contribution in [1.29, 1.82) is 0 Å². The van der Waals surface area contributed by atoms with Gasteiger partial charge < -0.3 is 10.8 Å². The molecule has 1 aromatic rings. The van der Waals surface area contributed by atoms with Crippen LogP contribution >= 0.6 is 11.3 Å². The Morgan fingerprint density at radius 3 is 2.47 bits per heavy atom. The lowest BCUT2D eigenvalue weighted by molar-refractivity contribution is -0.136. The maximum Gasteiger partial charge on any atom is 0.308 e. The molecule has 9 heteroatoms. The van der Waals surface area contributed by atoms with Crippen molar-refractivity contribution in [3.05, 3.63) is 17.0 Å². The zero-order chi connectivity index (χ0) is 14.8. The molecule has 0 bridgehead atoms. The van der Waals surface area contributed by atoms with Gasteiger partial charge in [-0.15, -0.1) is 11.3 Å². The van der Waals surface area contributed by atoms with Crippen LogP contribution in [0.15, 0.2) is 16.3 Å². The van der Waals surface area contributed by atoms with Crippen LogP contribution in [0.4, 0.5) is 0 Å². The molecule has 7 nitrogen and oxygen atoms in total. The summed E-state index contributed by atoms with van der Waals surface area (Å²) in [4.78, 5) is 22.0. The van der Waals surface area contributed by atoms with Gasteiger partial charge >= 0.3 is 5.97 Å². The van der Waals surface area contributed by atoms with Crippen LogP contribution in [0.5, 0.6) is 0 Å². The number of rotatable bonds is 6. The lowest BCUT2D eigenvalue weighted by Crippen LogP contribution is -2.52. The zero-order valence-corrected chi connectivity index (χ0v) is 12.0. The highest BCUT2D eigenvalue weighted by atomic mass is 32.2. The van der Waals surface area contributed by atoms with Crippen molar-refractivity contribution in [2.24, 2.45) is 5.73 Å². The number of thiophene rings is 1. The summed E-state index contributed by atoms with van der Waals surface area (Å²) in [6.45, 7) is 2.69. The first-order valence-corrected chi connectivity index (χ1v) is 7.49. The molecular formula is C10H14N2O5S2. The number of nitrogens with two attached hydrogens (primary N) is 1. The van der Waals surface area contributed by atoms with Crippen molar-refractivity contribution in [3.63, 3.8) is 0 Å². The van der Waals surface area contributed by atoms with Crippen LogP contribution in [0.3, 0.4) is 0 Å². The van der Waals surface area contributed by atoms with Gasteiger partial charge in [0.25, 0.3) is 10.0 Å². The fraction of sp³-hybridized carbons (Fsp3) is 0.400. The molecule has 106 valence electrons. The number of hydrogen-bond acceptors (Lipinski definition) is 5. The highest BCUT2D eigenvalue weighted by Gasteiger charge is 2.32. The molecule has 0 radical (unpaired) electrons. The number of carboxylic acid groups (broad SMARTS) is 1. The summed E-state index contributed by atoms with van der Waals surface area (Å²) in [7, 11) is -3.90. The third-order valence-electron chi connectivity index (χ3n) is 2.23. The lowest BCUT2D eigenvalue weighted by atomic mass is 10.1. The first-order valence-electron chi connectivity index (χ1n) is 5.19. The zero-order valence-electron chi connectivity index (χ0n) is 10.3. The minimum Gasteiger partial charge on any atom is -0.481 e. The molecule has 19 heavy (non-hydrogen) atoms. The number of carboxylic acids is 1. The molecule has 0 aliphatic rings. The topological polar surface area (TPSA) is 127 Å². The van der Waals surface area contributed by atoms with Crippen LogP contribution in [0.1, 0.15) is 18.7 Å². The van der Waals surface area contributed by atoms with Crippen molar-refractivity contribution in [2.45, 2.75) is 30.0 Å². The standard InChI is InChI=1S/C10H14N2O5S2/c1-10(2,9(11)15)12-19(16,17)8-4-3-6(18-8)5-7(13)14/h3-4,12H,5H2,1-2H3,(H2,11,15)(H,13,14). The molecule has 0 atom stereocenters. The molecule has 0 spiro atoms. The number of carbonyl (C=O) groups is 2. The van der Waals surface area contributed by atoms with E-state index in [0.717, 1.165) is 11.3 Å². The Labute approximate surface area is 114 Å². The molecule has 0 saturated heterocycles. The Hall–Kier alpha value is -1.45.